The first-order chi connectivity index (χ1) is 13.2. The molecule has 0 heterocycles. The summed E-state index contributed by atoms with van der Waals surface area (Å²) in [5.74, 6) is -7.29. The first kappa shape index (κ1) is 22.7. The number of carbonyl (C=O) groups is 1. The standard InChI is InChI=1S/C18H9ClF8O2/c19-13-6-8(2-4-14(13)20)11(17(22,23)24)7-15(21)9-1-3-10(16(28)29)12(5-9)18(25,26)27/h1-7,11H,(H,28,29)/b15-7-. The van der Waals surface area contributed by atoms with Gasteiger partial charge in [-0.05, 0) is 35.9 Å². The number of rotatable bonds is 4. The van der Waals surface area contributed by atoms with Crippen LogP contribution in [0.15, 0.2) is 42.5 Å². The Morgan fingerprint density at radius 2 is 1.66 bits per heavy atom. The zero-order chi connectivity index (χ0) is 22.1. The Morgan fingerprint density at radius 3 is 2.14 bits per heavy atom. The molecular weight excluding hydrogens is 436 g/mol. The SMILES string of the molecule is O=C(O)c1ccc(/C(F)=C/C(c2ccc(F)c(Cl)c2)C(F)(F)F)cc1C(F)(F)F. The van der Waals surface area contributed by atoms with Crippen LogP contribution >= 0.6 is 11.6 Å². The Balaban J connectivity index is 2.58. The van der Waals surface area contributed by atoms with Crippen molar-refractivity contribution in [1.82, 2.24) is 0 Å². The third-order valence-corrected chi connectivity index (χ3v) is 4.09. The number of hydrogen-bond donors (Lipinski definition) is 1. The summed E-state index contributed by atoms with van der Waals surface area (Å²) in [6, 6.07) is 3.10. The van der Waals surface area contributed by atoms with Crippen molar-refractivity contribution in [3.63, 3.8) is 0 Å². The Kier molecular flexibility index (Phi) is 6.27. The van der Waals surface area contributed by atoms with E-state index in [1.807, 2.05) is 0 Å². The fourth-order valence-electron chi connectivity index (χ4n) is 2.44. The largest absolute Gasteiger partial charge is 0.478 e. The van der Waals surface area contributed by atoms with E-state index in [0.717, 1.165) is 0 Å². The highest BCUT2D eigenvalue weighted by molar-refractivity contribution is 6.30. The van der Waals surface area contributed by atoms with Crippen molar-refractivity contribution in [3.05, 3.63) is 75.6 Å². The minimum Gasteiger partial charge on any atom is -0.478 e. The summed E-state index contributed by atoms with van der Waals surface area (Å²) in [7, 11) is 0. The smallest absolute Gasteiger partial charge is 0.417 e. The molecule has 0 spiro atoms. The lowest BCUT2D eigenvalue weighted by Crippen LogP contribution is -2.19. The maximum atomic E-state index is 14.4. The Labute approximate surface area is 163 Å². The summed E-state index contributed by atoms with van der Waals surface area (Å²) in [5.41, 5.74) is -4.46. The first-order valence-corrected chi connectivity index (χ1v) is 7.93. The predicted molar refractivity (Wildman–Crippen MR) is 87.7 cm³/mol. The summed E-state index contributed by atoms with van der Waals surface area (Å²) in [5, 5.41) is 8.15. The van der Waals surface area contributed by atoms with Crippen LogP contribution < -0.4 is 0 Å². The van der Waals surface area contributed by atoms with Crippen LogP contribution in [-0.2, 0) is 6.18 Å². The number of carboxylic acid groups (broad SMARTS) is 1. The molecule has 2 aromatic carbocycles. The second kappa shape index (κ2) is 8.02. The third-order valence-electron chi connectivity index (χ3n) is 3.80. The van der Waals surface area contributed by atoms with Crippen LogP contribution in [0.1, 0.15) is 33.0 Å². The van der Waals surface area contributed by atoms with E-state index in [2.05, 4.69) is 0 Å². The molecule has 2 rings (SSSR count). The molecule has 0 radical (unpaired) electrons. The van der Waals surface area contributed by atoms with Gasteiger partial charge in [-0.3, -0.25) is 0 Å². The summed E-state index contributed by atoms with van der Waals surface area (Å²) in [6.45, 7) is 0. The molecule has 1 unspecified atom stereocenters. The maximum Gasteiger partial charge on any atom is 0.417 e. The minimum absolute atomic E-state index is 0.000501. The Morgan fingerprint density at radius 1 is 1.03 bits per heavy atom. The molecule has 0 aromatic heterocycles. The molecule has 11 heteroatoms. The zero-order valence-corrected chi connectivity index (χ0v) is 14.6. The van der Waals surface area contributed by atoms with E-state index < -0.39 is 63.2 Å². The lowest BCUT2D eigenvalue weighted by atomic mass is 9.95. The van der Waals surface area contributed by atoms with E-state index in [-0.39, 0.29) is 12.1 Å². The zero-order valence-electron chi connectivity index (χ0n) is 13.9. The van der Waals surface area contributed by atoms with Crippen molar-refractivity contribution in [3.8, 4) is 0 Å². The minimum atomic E-state index is -5.18. The molecule has 1 atom stereocenters. The number of benzene rings is 2. The summed E-state index contributed by atoms with van der Waals surface area (Å²) < 4.78 is 107. The van der Waals surface area contributed by atoms with Gasteiger partial charge in [-0.25, -0.2) is 13.6 Å². The van der Waals surface area contributed by atoms with E-state index in [4.69, 9.17) is 16.7 Å². The molecule has 0 saturated carbocycles. The van der Waals surface area contributed by atoms with Gasteiger partial charge in [0.25, 0.3) is 0 Å². The summed E-state index contributed by atoms with van der Waals surface area (Å²) in [6.07, 6.45) is -10.3. The summed E-state index contributed by atoms with van der Waals surface area (Å²) in [4.78, 5) is 10.9. The van der Waals surface area contributed by atoms with Gasteiger partial charge < -0.3 is 5.11 Å². The highest BCUT2D eigenvalue weighted by Crippen LogP contribution is 2.40. The number of halogens is 9. The molecule has 2 nitrogen and oxygen atoms in total. The van der Waals surface area contributed by atoms with Gasteiger partial charge in [0, 0.05) is 5.56 Å². The number of hydrogen-bond acceptors (Lipinski definition) is 1. The molecule has 2 aromatic rings. The van der Waals surface area contributed by atoms with Crippen LogP contribution in [0.3, 0.4) is 0 Å². The molecule has 29 heavy (non-hydrogen) atoms. The van der Waals surface area contributed by atoms with Crippen LogP contribution in [0.4, 0.5) is 35.1 Å². The molecule has 0 amide bonds. The van der Waals surface area contributed by atoms with Crippen molar-refractivity contribution >= 4 is 23.4 Å². The molecule has 0 aliphatic carbocycles. The lowest BCUT2D eigenvalue weighted by Gasteiger charge is -2.18. The van der Waals surface area contributed by atoms with Crippen molar-refractivity contribution in [2.24, 2.45) is 0 Å². The van der Waals surface area contributed by atoms with Gasteiger partial charge in [-0.2, -0.15) is 26.3 Å². The topological polar surface area (TPSA) is 37.3 Å². The molecule has 0 aliphatic rings. The van der Waals surface area contributed by atoms with Crippen LogP contribution in [-0.4, -0.2) is 17.3 Å². The first-order valence-electron chi connectivity index (χ1n) is 7.55. The van der Waals surface area contributed by atoms with E-state index in [1.54, 1.807) is 0 Å². The van der Waals surface area contributed by atoms with Crippen molar-refractivity contribution < 1.29 is 45.0 Å². The molecule has 1 N–H and O–H groups in total. The third kappa shape index (κ3) is 5.26. The van der Waals surface area contributed by atoms with Crippen LogP contribution in [0.5, 0.6) is 0 Å². The molecule has 0 saturated heterocycles. The van der Waals surface area contributed by atoms with Gasteiger partial charge in [0.15, 0.2) is 0 Å². The highest BCUT2D eigenvalue weighted by Gasteiger charge is 2.40. The van der Waals surface area contributed by atoms with E-state index >= 15 is 0 Å². The van der Waals surface area contributed by atoms with E-state index in [1.165, 1.54) is 0 Å². The average molecular weight is 445 g/mol. The maximum absolute atomic E-state index is 14.4. The average Bonchev–Trinajstić information content (AvgIpc) is 2.59. The molecule has 0 aliphatic heterocycles. The van der Waals surface area contributed by atoms with Gasteiger partial charge in [0.2, 0.25) is 0 Å². The van der Waals surface area contributed by atoms with Gasteiger partial charge in [-0.1, -0.05) is 23.7 Å². The quantitative estimate of drug-likeness (QED) is 0.523. The van der Waals surface area contributed by atoms with Crippen LogP contribution in [0.25, 0.3) is 5.83 Å². The van der Waals surface area contributed by atoms with Crippen LogP contribution in [0, 0.1) is 5.82 Å². The second-order valence-corrected chi connectivity index (χ2v) is 6.18. The van der Waals surface area contributed by atoms with Crippen molar-refractivity contribution in [1.29, 1.82) is 0 Å². The Hall–Kier alpha value is -2.62. The molecule has 156 valence electrons. The summed E-state index contributed by atoms with van der Waals surface area (Å²) >= 11 is 5.44. The van der Waals surface area contributed by atoms with Gasteiger partial charge in [0.1, 0.15) is 17.6 Å². The fourth-order valence-corrected chi connectivity index (χ4v) is 2.63. The fraction of sp³-hybridized carbons (Fsp3) is 0.167. The van der Waals surface area contributed by atoms with Gasteiger partial charge in [-0.15, -0.1) is 0 Å². The molecule has 0 fully saturated rings. The van der Waals surface area contributed by atoms with Crippen molar-refractivity contribution in [2.75, 3.05) is 0 Å². The van der Waals surface area contributed by atoms with E-state index in [9.17, 15) is 39.9 Å². The number of allylic oxidation sites excluding steroid dienone is 1. The van der Waals surface area contributed by atoms with Gasteiger partial charge in [0.05, 0.1) is 16.1 Å². The lowest BCUT2D eigenvalue weighted by molar-refractivity contribution is -0.140. The number of carboxylic acids is 1. The highest BCUT2D eigenvalue weighted by atomic mass is 35.5. The Bertz CT molecular complexity index is 963. The van der Waals surface area contributed by atoms with Gasteiger partial charge >= 0.3 is 18.3 Å². The van der Waals surface area contributed by atoms with Crippen LogP contribution in [0.2, 0.25) is 5.02 Å². The molecular formula is C18H9ClF8O2. The predicted octanol–water partition coefficient (Wildman–Crippen LogP) is 6.85. The number of alkyl halides is 6. The monoisotopic (exact) mass is 444 g/mol. The molecule has 0 bridgehead atoms. The second-order valence-electron chi connectivity index (χ2n) is 5.77. The normalized spacial score (nSPS) is 14.0. The van der Waals surface area contributed by atoms with Crippen molar-refractivity contribution in [2.45, 2.75) is 18.3 Å². The number of aromatic carboxylic acids is 1. The van der Waals surface area contributed by atoms with E-state index in [0.29, 0.717) is 30.3 Å².